The van der Waals surface area contributed by atoms with Crippen molar-refractivity contribution in [3.8, 4) is 0 Å². The summed E-state index contributed by atoms with van der Waals surface area (Å²) in [6.45, 7) is 9.03. The van der Waals surface area contributed by atoms with Crippen LogP contribution in [0.1, 0.15) is 34.6 Å². The summed E-state index contributed by atoms with van der Waals surface area (Å²) in [6.07, 6.45) is 1.69. The third kappa shape index (κ3) is 4.75. The largest absolute Gasteiger partial charge is 0.456 e. The van der Waals surface area contributed by atoms with Crippen molar-refractivity contribution < 1.29 is 9.53 Å². The first-order chi connectivity index (χ1) is 5.37. The Labute approximate surface area is 73.9 Å². The van der Waals surface area contributed by atoms with Crippen LogP contribution in [0.5, 0.6) is 0 Å². The van der Waals surface area contributed by atoms with E-state index >= 15 is 0 Å². The normalized spacial score (nSPS) is 10.1. The van der Waals surface area contributed by atoms with Crippen molar-refractivity contribution in [3.05, 3.63) is 17.4 Å². The fraction of sp³-hybridized carbons (Fsp3) is 0.600. The zero-order valence-electron chi connectivity index (χ0n) is 8.39. The zero-order chi connectivity index (χ0) is 9.78. The molecule has 0 aliphatic carbocycles. The first-order valence-electron chi connectivity index (χ1n) is 3.98. The van der Waals surface area contributed by atoms with Crippen LogP contribution < -0.4 is 0 Å². The molecule has 0 aliphatic heterocycles. The van der Waals surface area contributed by atoms with Gasteiger partial charge < -0.3 is 4.74 Å². The summed E-state index contributed by atoms with van der Waals surface area (Å²) in [7, 11) is 0. The highest BCUT2D eigenvalue weighted by atomic mass is 16.6. The number of carbonyl (C=O) groups excluding carboxylic acids is 1. The van der Waals surface area contributed by atoms with E-state index in [-0.39, 0.29) is 5.97 Å². The molecule has 0 saturated carbocycles. The van der Waals surface area contributed by atoms with Gasteiger partial charge in [0.15, 0.2) is 0 Å². The molecule has 0 bridgehead atoms. The maximum atomic E-state index is 11.2. The minimum Gasteiger partial charge on any atom is -0.456 e. The standard InChI is InChI=1S/C10H16O2/c1-6-7-8(2)9(11)12-10(3,4)5/h6H,1-5H3. The van der Waals surface area contributed by atoms with Crippen molar-refractivity contribution in [1.82, 2.24) is 0 Å². The van der Waals surface area contributed by atoms with Gasteiger partial charge in [0.25, 0.3) is 0 Å². The number of ether oxygens (including phenoxy) is 1. The molecule has 0 amide bonds. The Hall–Kier alpha value is -1.01. The third-order valence-electron chi connectivity index (χ3n) is 1.07. The summed E-state index contributed by atoms with van der Waals surface area (Å²) in [5.41, 5.74) is 2.87. The second-order valence-electron chi connectivity index (χ2n) is 3.56. The molecule has 0 heterocycles. The van der Waals surface area contributed by atoms with Crippen LogP contribution in [-0.2, 0) is 9.53 Å². The van der Waals surface area contributed by atoms with Crippen LogP contribution >= 0.6 is 0 Å². The van der Waals surface area contributed by atoms with E-state index in [1.807, 2.05) is 27.7 Å². The molecule has 0 N–H and O–H groups in total. The van der Waals surface area contributed by atoms with Gasteiger partial charge in [-0.3, -0.25) is 0 Å². The van der Waals surface area contributed by atoms with Gasteiger partial charge in [0, 0.05) is 0 Å². The molecule has 0 aliphatic rings. The van der Waals surface area contributed by atoms with Gasteiger partial charge in [0.05, 0.1) is 5.57 Å². The fourth-order valence-electron chi connectivity index (χ4n) is 0.630. The fourth-order valence-corrected chi connectivity index (χ4v) is 0.630. The molecule has 68 valence electrons. The summed E-state index contributed by atoms with van der Waals surface area (Å²) < 4.78 is 5.09. The number of hydrogen-bond acceptors (Lipinski definition) is 2. The number of carbonyl (C=O) groups is 1. The van der Waals surface area contributed by atoms with Crippen molar-refractivity contribution in [2.45, 2.75) is 40.2 Å². The highest BCUT2D eigenvalue weighted by Gasteiger charge is 2.16. The maximum absolute atomic E-state index is 11.2. The van der Waals surface area contributed by atoms with Crippen molar-refractivity contribution in [3.63, 3.8) is 0 Å². The van der Waals surface area contributed by atoms with Crippen molar-refractivity contribution in [1.29, 1.82) is 0 Å². The number of hydrogen-bond donors (Lipinski definition) is 0. The number of rotatable bonds is 1. The highest BCUT2D eigenvalue weighted by molar-refractivity contribution is 5.87. The Kier molecular flexibility index (Phi) is 3.78. The predicted octanol–water partition coefficient (Wildman–Crippen LogP) is 2.45. The second kappa shape index (κ2) is 4.13. The van der Waals surface area contributed by atoms with E-state index in [1.54, 1.807) is 13.0 Å². The van der Waals surface area contributed by atoms with Crippen molar-refractivity contribution in [2.24, 2.45) is 0 Å². The van der Waals surface area contributed by atoms with Gasteiger partial charge in [-0.15, -0.1) is 5.73 Å². The summed E-state index contributed by atoms with van der Waals surface area (Å²) in [5, 5.41) is 0. The maximum Gasteiger partial charge on any atom is 0.342 e. The summed E-state index contributed by atoms with van der Waals surface area (Å²) in [4.78, 5) is 11.2. The molecule has 2 nitrogen and oxygen atoms in total. The predicted molar refractivity (Wildman–Crippen MR) is 48.8 cm³/mol. The quantitative estimate of drug-likeness (QED) is 0.341. The zero-order valence-corrected chi connectivity index (χ0v) is 8.39. The lowest BCUT2D eigenvalue weighted by molar-refractivity contribution is -0.149. The SMILES string of the molecule is CC=C=C(C)C(=O)OC(C)(C)C. The van der Waals surface area contributed by atoms with Gasteiger partial charge in [-0.25, -0.2) is 4.79 Å². The van der Waals surface area contributed by atoms with E-state index in [0.717, 1.165) is 0 Å². The Bertz CT molecular complexity index is 225. The smallest absolute Gasteiger partial charge is 0.342 e. The molecule has 0 spiro atoms. The minimum absolute atomic E-state index is 0.305. The minimum atomic E-state index is -0.423. The van der Waals surface area contributed by atoms with Gasteiger partial charge in [-0.05, 0) is 40.7 Å². The van der Waals surface area contributed by atoms with E-state index in [1.165, 1.54) is 0 Å². The van der Waals surface area contributed by atoms with Crippen molar-refractivity contribution >= 4 is 5.97 Å². The molecule has 0 fully saturated rings. The molecule has 2 heteroatoms. The Balaban J connectivity index is 4.35. The molecule has 0 radical (unpaired) electrons. The first-order valence-corrected chi connectivity index (χ1v) is 3.98. The van der Waals surface area contributed by atoms with E-state index in [4.69, 9.17) is 4.74 Å². The molecule has 0 aromatic heterocycles. The van der Waals surface area contributed by atoms with Crippen LogP contribution in [0, 0.1) is 0 Å². The molecule has 0 unspecified atom stereocenters. The highest BCUT2D eigenvalue weighted by Crippen LogP contribution is 2.09. The Morgan fingerprint density at radius 2 is 1.92 bits per heavy atom. The van der Waals surface area contributed by atoms with Crippen LogP contribution in [-0.4, -0.2) is 11.6 Å². The third-order valence-corrected chi connectivity index (χ3v) is 1.07. The second-order valence-corrected chi connectivity index (χ2v) is 3.56. The average Bonchev–Trinajstić information content (AvgIpc) is 1.84. The number of esters is 1. The summed E-state index contributed by atoms with van der Waals surface area (Å²) in [6, 6.07) is 0. The summed E-state index contributed by atoms with van der Waals surface area (Å²) in [5.74, 6) is -0.305. The van der Waals surface area contributed by atoms with Crippen LogP contribution in [0.2, 0.25) is 0 Å². The van der Waals surface area contributed by atoms with E-state index in [0.29, 0.717) is 5.57 Å². The van der Waals surface area contributed by atoms with E-state index in [9.17, 15) is 4.79 Å². The Morgan fingerprint density at radius 1 is 1.42 bits per heavy atom. The molecular weight excluding hydrogens is 152 g/mol. The van der Waals surface area contributed by atoms with E-state index in [2.05, 4.69) is 5.73 Å². The molecule has 0 saturated heterocycles. The Morgan fingerprint density at radius 3 is 2.25 bits per heavy atom. The van der Waals surface area contributed by atoms with Crippen LogP contribution in [0.3, 0.4) is 0 Å². The lowest BCUT2D eigenvalue weighted by atomic mass is 10.2. The van der Waals surface area contributed by atoms with Crippen LogP contribution in [0.25, 0.3) is 0 Å². The molecule has 0 aromatic rings. The molecule has 0 atom stereocenters. The average molecular weight is 168 g/mol. The lowest BCUT2D eigenvalue weighted by Gasteiger charge is -2.18. The molecule has 0 rings (SSSR count). The molecule has 12 heavy (non-hydrogen) atoms. The summed E-state index contributed by atoms with van der Waals surface area (Å²) >= 11 is 0. The molecule has 0 aromatic carbocycles. The van der Waals surface area contributed by atoms with Gasteiger partial charge >= 0.3 is 5.97 Å². The van der Waals surface area contributed by atoms with Crippen molar-refractivity contribution in [2.75, 3.05) is 0 Å². The lowest BCUT2D eigenvalue weighted by Crippen LogP contribution is -2.24. The topological polar surface area (TPSA) is 26.3 Å². The van der Waals surface area contributed by atoms with E-state index < -0.39 is 5.60 Å². The van der Waals surface area contributed by atoms with Crippen LogP contribution in [0.15, 0.2) is 17.4 Å². The van der Waals surface area contributed by atoms with Gasteiger partial charge in [0.1, 0.15) is 5.60 Å². The van der Waals surface area contributed by atoms with Gasteiger partial charge in [-0.2, -0.15) is 0 Å². The molecular formula is C10H16O2. The van der Waals surface area contributed by atoms with Crippen LogP contribution in [0.4, 0.5) is 0 Å². The van der Waals surface area contributed by atoms with Gasteiger partial charge in [0.2, 0.25) is 0 Å². The first kappa shape index (κ1) is 11.0. The monoisotopic (exact) mass is 168 g/mol. The van der Waals surface area contributed by atoms with Gasteiger partial charge in [-0.1, -0.05) is 0 Å².